The largest absolute Gasteiger partial charge is 0.377 e. The van der Waals surface area contributed by atoms with Gasteiger partial charge in [-0.05, 0) is 38.1 Å². The van der Waals surface area contributed by atoms with Crippen LogP contribution in [0.3, 0.4) is 0 Å². The minimum atomic E-state index is 0.111. The van der Waals surface area contributed by atoms with E-state index in [1.807, 2.05) is 7.11 Å². The van der Waals surface area contributed by atoms with E-state index in [9.17, 15) is 0 Å². The van der Waals surface area contributed by atoms with Crippen molar-refractivity contribution in [1.82, 2.24) is 5.32 Å². The predicted molar refractivity (Wildman–Crippen MR) is 69.7 cm³/mol. The second-order valence-corrected chi connectivity index (χ2v) is 6.42. The van der Waals surface area contributed by atoms with Crippen molar-refractivity contribution in [3.63, 3.8) is 0 Å². The molecule has 1 aliphatic rings. The van der Waals surface area contributed by atoms with Gasteiger partial charge >= 0.3 is 0 Å². The van der Waals surface area contributed by atoms with Gasteiger partial charge in [-0.1, -0.05) is 33.6 Å². The third-order valence-corrected chi connectivity index (χ3v) is 4.02. The highest BCUT2D eigenvalue weighted by molar-refractivity contribution is 4.96. The lowest BCUT2D eigenvalue weighted by Gasteiger charge is -2.37. The van der Waals surface area contributed by atoms with Crippen LogP contribution in [0.15, 0.2) is 0 Å². The molecule has 1 unspecified atom stereocenters. The normalized spacial score (nSPS) is 22.3. The Morgan fingerprint density at radius 3 is 2.19 bits per heavy atom. The van der Waals surface area contributed by atoms with Crippen molar-refractivity contribution in [3.05, 3.63) is 0 Å². The summed E-state index contributed by atoms with van der Waals surface area (Å²) in [6, 6.07) is 0.513. The third-order valence-electron chi connectivity index (χ3n) is 4.02. The summed E-state index contributed by atoms with van der Waals surface area (Å²) in [6.07, 6.45) is 7.55. The number of hydrogen-bond donors (Lipinski definition) is 1. The van der Waals surface area contributed by atoms with Crippen LogP contribution >= 0.6 is 0 Å². The summed E-state index contributed by atoms with van der Waals surface area (Å²) in [5.74, 6) is 0. The molecular formula is C14H29NO. The molecule has 1 fully saturated rings. The highest BCUT2D eigenvalue weighted by Crippen LogP contribution is 2.38. The topological polar surface area (TPSA) is 21.3 Å². The minimum absolute atomic E-state index is 0.111. The number of hydrogen-bond acceptors (Lipinski definition) is 2. The van der Waals surface area contributed by atoms with Crippen LogP contribution in [-0.2, 0) is 4.74 Å². The Morgan fingerprint density at radius 1 is 1.25 bits per heavy atom. The first-order valence-electron chi connectivity index (χ1n) is 6.66. The highest BCUT2D eigenvalue weighted by atomic mass is 16.5. The first-order chi connectivity index (χ1) is 7.43. The van der Waals surface area contributed by atoms with Crippen LogP contribution in [0.25, 0.3) is 0 Å². The van der Waals surface area contributed by atoms with Crippen LogP contribution in [0, 0.1) is 5.41 Å². The first kappa shape index (κ1) is 14.0. The quantitative estimate of drug-likeness (QED) is 0.777. The van der Waals surface area contributed by atoms with Crippen LogP contribution in [0.2, 0.25) is 0 Å². The monoisotopic (exact) mass is 227 g/mol. The van der Waals surface area contributed by atoms with Gasteiger partial charge in [0, 0.05) is 13.2 Å². The zero-order valence-electron chi connectivity index (χ0n) is 11.7. The lowest BCUT2D eigenvalue weighted by atomic mass is 9.82. The van der Waals surface area contributed by atoms with Crippen molar-refractivity contribution >= 4 is 0 Å². The van der Waals surface area contributed by atoms with Crippen LogP contribution in [0.5, 0.6) is 0 Å². The molecule has 0 aromatic rings. The van der Waals surface area contributed by atoms with E-state index in [2.05, 4.69) is 33.1 Å². The van der Waals surface area contributed by atoms with E-state index in [0.717, 1.165) is 0 Å². The lowest BCUT2D eigenvalue weighted by molar-refractivity contribution is -0.0380. The first-order valence-corrected chi connectivity index (χ1v) is 6.66. The fourth-order valence-electron chi connectivity index (χ4n) is 2.92. The maximum Gasteiger partial charge on any atom is 0.0830 e. The molecule has 0 aromatic heterocycles. The van der Waals surface area contributed by atoms with E-state index < -0.39 is 0 Å². The van der Waals surface area contributed by atoms with E-state index in [1.165, 1.54) is 38.5 Å². The van der Waals surface area contributed by atoms with Crippen molar-refractivity contribution in [2.24, 2.45) is 5.41 Å². The fraction of sp³-hybridized carbons (Fsp3) is 1.00. The summed E-state index contributed by atoms with van der Waals surface area (Å²) in [7, 11) is 3.96. The number of ether oxygens (including phenoxy) is 1. The smallest absolute Gasteiger partial charge is 0.0830 e. The van der Waals surface area contributed by atoms with Gasteiger partial charge in [-0.3, -0.25) is 0 Å². The second-order valence-electron chi connectivity index (χ2n) is 6.42. The van der Waals surface area contributed by atoms with Crippen LogP contribution < -0.4 is 5.32 Å². The zero-order chi connectivity index (χ0) is 12.2. The van der Waals surface area contributed by atoms with E-state index in [-0.39, 0.29) is 5.60 Å². The minimum Gasteiger partial charge on any atom is -0.377 e. The van der Waals surface area contributed by atoms with Gasteiger partial charge in [0.05, 0.1) is 5.60 Å². The van der Waals surface area contributed by atoms with E-state index >= 15 is 0 Å². The van der Waals surface area contributed by atoms with Crippen LogP contribution in [0.1, 0.15) is 59.3 Å². The summed E-state index contributed by atoms with van der Waals surface area (Å²) in [6.45, 7) is 6.94. The molecule has 0 radical (unpaired) electrons. The molecule has 0 aliphatic heterocycles. The zero-order valence-corrected chi connectivity index (χ0v) is 11.7. The number of methoxy groups -OCH3 is 1. The third kappa shape index (κ3) is 3.46. The standard InChI is InChI=1S/C14H29NO/c1-13(2,3)11-8-12(15-4)14(16-5)9-6-7-10-14/h12,15H,6-11H2,1-5H3. The van der Waals surface area contributed by atoms with Gasteiger partial charge in [0.2, 0.25) is 0 Å². The van der Waals surface area contributed by atoms with Gasteiger partial charge in [0.25, 0.3) is 0 Å². The number of nitrogens with one attached hydrogen (secondary N) is 1. The highest BCUT2D eigenvalue weighted by Gasteiger charge is 2.40. The fourth-order valence-corrected chi connectivity index (χ4v) is 2.92. The van der Waals surface area contributed by atoms with E-state index in [1.54, 1.807) is 0 Å². The molecule has 0 saturated heterocycles. The van der Waals surface area contributed by atoms with Crippen LogP contribution in [-0.4, -0.2) is 25.8 Å². The summed E-state index contributed by atoms with van der Waals surface area (Å²) in [4.78, 5) is 0. The lowest BCUT2D eigenvalue weighted by Crippen LogP contribution is -2.49. The van der Waals surface area contributed by atoms with E-state index in [0.29, 0.717) is 11.5 Å². The molecule has 2 nitrogen and oxygen atoms in total. The van der Waals surface area contributed by atoms with Gasteiger partial charge in [-0.2, -0.15) is 0 Å². The van der Waals surface area contributed by atoms with Crippen molar-refractivity contribution in [2.75, 3.05) is 14.2 Å². The van der Waals surface area contributed by atoms with Gasteiger partial charge in [0.15, 0.2) is 0 Å². The van der Waals surface area contributed by atoms with Gasteiger partial charge in [0.1, 0.15) is 0 Å². The Balaban J connectivity index is 2.58. The van der Waals surface area contributed by atoms with Crippen molar-refractivity contribution in [1.29, 1.82) is 0 Å². The number of rotatable bonds is 5. The maximum absolute atomic E-state index is 5.85. The molecule has 1 rings (SSSR count). The molecule has 1 N–H and O–H groups in total. The number of likely N-dealkylation sites (N-methyl/N-ethyl adjacent to an activating group) is 1. The Kier molecular flexibility index (Phi) is 4.81. The molecule has 2 heteroatoms. The Bertz CT molecular complexity index is 201. The Morgan fingerprint density at radius 2 is 1.81 bits per heavy atom. The molecule has 0 heterocycles. The SMILES string of the molecule is CNC(CCC(C)(C)C)C1(OC)CCCC1. The Labute approximate surface area is 101 Å². The van der Waals surface area contributed by atoms with E-state index in [4.69, 9.17) is 4.74 Å². The molecule has 0 bridgehead atoms. The average molecular weight is 227 g/mol. The molecule has 0 amide bonds. The summed E-state index contributed by atoms with van der Waals surface area (Å²) >= 11 is 0. The molecule has 1 saturated carbocycles. The second kappa shape index (κ2) is 5.50. The summed E-state index contributed by atoms with van der Waals surface area (Å²) < 4.78 is 5.85. The van der Waals surface area contributed by atoms with Crippen molar-refractivity contribution < 1.29 is 4.74 Å². The Hall–Kier alpha value is -0.0800. The van der Waals surface area contributed by atoms with Gasteiger partial charge in [-0.15, -0.1) is 0 Å². The van der Waals surface area contributed by atoms with Crippen molar-refractivity contribution in [3.8, 4) is 0 Å². The maximum atomic E-state index is 5.85. The molecule has 96 valence electrons. The van der Waals surface area contributed by atoms with Gasteiger partial charge in [-0.25, -0.2) is 0 Å². The van der Waals surface area contributed by atoms with Crippen LogP contribution in [0.4, 0.5) is 0 Å². The predicted octanol–water partition coefficient (Wildman–Crippen LogP) is 3.36. The average Bonchev–Trinajstić information content (AvgIpc) is 2.67. The molecule has 0 spiro atoms. The van der Waals surface area contributed by atoms with Crippen molar-refractivity contribution in [2.45, 2.75) is 70.9 Å². The summed E-state index contributed by atoms with van der Waals surface area (Å²) in [5, 5.41) is 3.48. The molecular weight excluding hydrogens is 198 g/mol. The van der Waals surface area contributed by atoms with Gasteiger partial charge < -0.3 is 10.1 Å². The summed E-state index contributed by atoms with van der Waals surface area (Å²) in [5.41, 5.74) is 0.530. The molecule has 1 aliphatic carbocycles. The molecule has 0 aromatic carbocycles. The molecule has 1 atom stereocenters. The molecule has 16 heavy (non-hydrogen) atoms.